The number of hydrogen-bond acceptors (Lipinski definition) is 4. The van der Waals surface area contributed by atoms with Crippen LogP contribution >= 0.6 is 0 Å². The van der Waals surface area contributed by atoms with Crippen molar-refractivity contribution in [2.24, 2.45) is 0 Å². The summed E-state index contributed by atoms with van der Waals surface area (Å²) in [6.45, 7) is 2.85. The van der Waals surface area contributed by atoms with E-state index in [1.165, 1.54) is 16.8 Å². The maximum Gasteiger partial charge on any atom is 0.254 e. The van der Waals surface area contributed by atoms with Crippen LogP contribution in [0, 0.1) is 5.82 Å². The molecule has 134 valence electrons. The fraction of sp³-hybridized carbons (Fsp3) is 0.444. The zero-order chi connectivity index (χ0) is 17.6. The van der Waals surface area contributed by atoms with Gasteiger partial charge in [-0.1, -0.05) is 6.07 Å². The second kappa shape index (κ2) is 8.22. The van der Waals surface area contributed by atoms with E-state index in [4.69, 9.17) is 9.47 Å². The highest BCUT2D eigenvalue weighted by Gasteiger charge is 2.20. The highest BCUT2D eigenvalue weighted by molar-refractivity contribution is 5.93. The number of anilines is 1. The highest BCUT2D eigenvalue weighted by Crippen LogP contribution is 2.17. The van der Waals surface area contributed by atoms with Gasteiger partial charge in [-0.3, -0.25) is 4.79 Å². The van der Waals surface area contributed by atoms with Crippen molar-refractivity contribution < 1.29 is 18.7 Å². The Bertz CT molecular complexity index is 713. The average Bonchev–Trinajstić information content (AvgIpc) is 3.08. The van der Waals surface area contributed by atoms with Crippen molar-refractivity contribution >= 4 is 11.7 Å². The zero-order valence-electron chi connectivity index (χ0n) is 14.2. The Hall–Kier alpha value is -2.25. The molecule has 2 heterocycles. The molecule has 1 N–H and O–H groups in total. The summed E-state index contributed by atoms with van der Waals surface area (Å²) in [4.78, 5) is 12.3. The quantitative estimate of drug-likeness (QED) is 0.873. The molecule has 25 heavy (non-hydrogen) atoms. The van der Waals surface area contributed by atoms with E-state index in [0.29, 0.717) is 18.1 Å². The number of carbonyl (C=O) groups excluding carboxylic acids is 1. The molecule has 1 aromatic carbocycles. The van der Waals surface area contributed by atoms with Gasteiger partial charge in [0.1, 0.15) is 17.7 Å². The van der Waals surface area contributed by atoms with Crippen molar-refractivity contribution in [1.29, 1.82) is 0 Å². The molecular formula is C18H22FN3O3. The molecule has 0 unspecified atom stereocenters. The van der Waals surface area contributed by atoms with Gasteiger partial charge in [-0.05, 0) is 44.4 Å². The normalized spacial score (nSPS) is 18.7. The number of nitrogens with zero attached hydrogens (tertiary/aromatic N) is 2. The second-order valence-electron chi connectivity index (χ2n) is 6.06. The molecule has 2 atom stereocenters. The number of carbonyl (C=O) groups is 1. The van der Waals surface area contributed by atoms with Gasteiger partial charge in [-0.2, -0.15) is 5.10 Å². The average molecular weight is 347 g/mol. The van der Waals surface area contributed by atoms with Gasteiger partial charge in [0, 0.05) is 12.7 Å². The Morgan fingerprint density at radius 2 is 2.36 bits per heavy atom. The first-order valence-corrected chi connectivity index (χ1v) is 8.47. The van der Waals surface area contributed by atoms with Crippen molar-refractivity contribution in [2.45, 2.75) is 38.4 Å². The maximum atomic E-state index is 13.4. The molecule has 6 nitrogen and oxygen atoms in total. The summed E-state index contributed by atoms with van der Waals surface area (Å²) in [5.41, 5.74) is 0.532. The standard InChI is InChI=1S/C18H22FN3O3/c1-13(25-12-16-7-2-3-10-24-16)18(23)21-17-8-9-20-22(17)15-6-4-5-14(19)11-15/h4-6,8-9,11,13,16H,2-3,7,10,12H2,1H3,(H,21,23)/t13-,16-/m1/s1. The van der Waals surface area contributed by atoms with E-state index < -0.39 is 6.10 Å². The van der Waals surface area contributed by atoms with Crippen molar-refractivity contribution in [3.05, 3.63) is 42.3 Å². The number of nitrogens with one attached hydrogen (secondary N) is 1. The third-order valence-corrected chi connectivity index (χ3v) is 4.12. The summed E-state index contributed by atoms with van der Waals surface area (Å²) < 4.78 is 26.1. The lowest BCUT2D eigenvalue weighted by Gasteiger charge is -2.23. The van der Waals surface area contributed by atoms with Gasteiger partial charge in [0.15, 0.2) is 0 Å². The molecule has 0 bridgehead atoms. The molecule has 0 saturated carbocycles. The van der Waals surface area contributed by atoms with Gasteiger partial charge in [0.2, 0.25) is 0 Å². The zero-order valence-corrected chi connectivity index (χ0v) is 14.2. The van der Waals surface area contributed by atoms with Crippen LogP contribution < -0.4 is 5.32 Å². The van der Waals surface area contributed by atoms with Crippen LogP contribution in [-0.4, -0.2) is 41.1 Å². The molecule has 1 aliphatic heterocycles. The van der Waals surface area contributed by atoms with Gasteiger partial charge in [0.05, 0.1) is 24.6 Å². The first-order chi connectivity index (χ1) is 12.1. The first-order valence-electron chi connectivity index (χ1n) is 8.47. The number of benzene rings is 1. The lowest BCUT2D eigenvalue weighted by Crippen LogP contribution is -2.33. The number of amides is 1. The highest BCUT2D eigenvalue weighted by atomic mass is 19.1. The lowest BCUT2D eigenvalue weighted by atomic mass is 10.1. The predicted octanol–water partition coefficient (Wildman–Crippen LogP) is 2.92. The van der Waals surface area contributed by atoms with Crippen molar-refractivity contribution in [1.82, 2.24) is 9.78 Å². The van der Waals surface area contributed by atoms with E-state index >= 15 is 0 Å². The van der Waals surface area contributed by atoms with Crippen LogP contribution in [0.1, 0.15) is 26.2 Å². The molecule has 1 fully saturated rings. The minimum atomic E-state index is -0.624. The topological polar surface area (TPSA) is 65.4 Å². The van der Waals surface area contributed by atoms with Crippen LogP contribution in [-0.2, 0) is 14.3 Å². The van der Waals surface area contributed by atoms with E-state index in [1.807, 2.05) is 0 Å². The molecule has 0 spiro atoms. The van der Waals surface area contributed by atoms with Crippen LogP contribution in [0.25, 0.3) is 5.69 Å². The molecule has 3 rings (SSSR count). The summed E-state index contributed by atoms with van der Waals surface area (Å²) in [6.07, 6.45) is 4.14. The van der Waals surface area contributed by atoms with Crippen LogP contribution in [0.3, 0.4) is 0 Å². The van der Waals surface area contributed by atoms with Crippen molar-refractivity contribution in [3.8, 4) is 5.69 Å². The third-order valence-electron chi connectivity index (χ3n) is 4.12. The summed E-state index contributed by atoms with van der Waals surface area (Å²) in [5, 5.41) is 6.90. The number of ether oxygens (including phenoxy) is 2. The number of hydrogen-bond donors (Lipinski definition) is 1. The van der Waals surface area contributed by atoms with Gasteiger partial charge < -0.3 is 14.8 Å². The Labute approximate surface area is 145 Å². The van der Waals surface area contributed by atoms with Crippen molar-refractivity contribution in [2.75, 3.05) is 18.5 Å². The summed E-state index contributed by atoms with van der Waals surface area (Å²) in [5.74, 6) is -0.191. The molecule has 1 saturated heterocycles. The van der Waals surface area contributed by atoms with Gasteiger partial charge >= 0.3 is 0 Å². The van der Waals surface area contributed by atoms with Crippen LogP contribution in [0.4, 0.5) is 10.2 Å². The SMILES string of the molecule is C[C@@H](OC[C@H]1CCCCO1)C(=O)Nc1ccnn1-c1cccc(F)c1. The smallest absolute Gasteiger partial charge is 0.254 e. The van der Waals surface area contributed by atoms with E-state index in [1.54, 1.807) is 31.3 Å². The minimum Gasteiger partial charge on any atom is -0.376 e. The molecule has 1 aromatic heterocycles. The maximum absolute atomic E-state index is 13.4. The van der Waals surface area contributed by atoms with E-state index in [2.05, 4.69) is 10.4 Å². The van der Waals surface area contributed by atoms with Gasteiger partial charge in [0.25, 0.3) is 5.91 Å². The third kappa shape index (κ3) is 4.64. The molecule has 7 heteroatoms. The minimum absolute atomic E-state index is 0.0572. The Morgan fingerprint density at radius 1 is 1.48 bits per heavy atom. The van der Waals surface area contributed by atoms with Crippen LogP contribution in [0.2, 0.25) is 0 Å². The molecular weight excluding hydrogens is 325 g/mol. The Balaban J connectivity index is 1.58. The monoisotopic (exact) mass is 347 g/mol. The Morgan fingerprint density at radius 3 is 3.12 bits per heavy atom. The predicted molar refractivity (Wildman–Crippen MR) is 91.2 cm³/mol. The molecule has 2 aromatic rings. The molecule has 0 aliphatic carbocycles. The van der Waals surface area contributed by atoms with Gasteiger partial charge in [-0.15, -0.1) is 0 Å². The molecule has 1 amide bonds. The van der Waals surface area contributed by atoms with E-state index in [9.17, 15) is 9.18 Å². The summed E-state index contributed by atoms with van der Waals surface area (Å²) in [7, 11) is 0. The fourth-order valence-electron chi connectivity index (χ4n) is 2.71. The largest absolute Gasteiger partial charge is 0.376 e. The van der Waals surface area contributed by atoms with Crippen molar-refractivity contribution in [3.63, 3.8) is 0 Å². The fourth-order valence-corrected chi connectivity index (χ4v) is 2.71. The Kier molecular flexibility index (Phi) is 5.78. The van der Waals surface area contributed by atoms with E-state index in [0.717, 1.165) is 25.9 Å². The summed E-state index contributed by atoms with van der Waals surface area (Å²) >= 11 is 0. The lowest BCUT2D eigenvalue weighted by molar-refractivity contribution is -0.130. The van der Waals surface area contributed by atoms with E-state index in [-0.39, 0.29) is 17.8 Å². The molecule has 0 radical (unpaired) electrons. The number of aromatic nitrogens is 2. The van der Waals surface area contributed by atoms with Crippen LogP contribution in [0.5, 0.6) is 0 Å². The first kappa shape index (κ1) is 17.6. The number of rotatable bonds is 6. The van der Waals surface area contributed by atoms with Gasteiger partial charge in [-0.25, -0.2) is 9.07 Å². The van der Waals surface area contributed by atoms with Crippen LogP contribution in [0.15, 0.2) is 36.5 Å². The second-order valence-corrected chi connectivity index (χ2v) is 6.06. The summed E-state index contributed by atoms with van der Waals surface area (Å²) in [6, 6.07) is 7.66. The number of halogens is 1. The molecule has 1 aliphatic rings.